The van der Waals surface area contributed by atoms with Crippen LogP contribution in [0, 0.1) is 11.6 Å². The summed E-state index contributed by atoms with van der Waals surface area (Å²) in [5.41, 5.74) is 2.37. The zero-order valence-corrected chi connectivity index (χ0v) is 17.0. The number of ether oxygens (including phenoxy) is 2. The predicted octanol–water partition coefficient (Wildman–Crippen LogP) is 5.65. The highest BCUT2D eigenvalue weighted by atomic mass is 35.5. The van der Waals surface area contributed by atoms with Gasteiger partial charge >= 0.3 is 0 Å². The Morgan fingerprint density at radius 1 is 0.793 bits per heavy atom. The second-order valence-electron chi connectivity index (χ2n) is 6.29. The molecule has 0 atom stereocenters. The highest BCUT2D eigenvalue weighted by Gasteiger charge is 2.12. The highest BCUT2D eigenvalue weighted by molar-refractivity contribution is 5.85. The lowest BCUT2D eigenvalue weighted by atomic mass is 10.1. The Balaban J connectivity index is 0.00000300. The van der Waals surface area contributed by atoms with Crippen LogP contribution in [0.4, 0.5) is 8.78 Å². The molecule has 0 heterocycles. The van der Waals surface area contributed by atoms with Gasteiger partial charge in [-0.05, 0) is 36.8 Å². The predicted molar refractivity (Wildman–Crippen MR) is 113 cm³/mol. The van der Waals surface area contributed by atoms with Gasteiger partial charge in [0.1, 0.15) is 18.2 Å². The van der Waals surface area contributed by atoms with Crippen LogP contribution in [0.25, 0.3) is 0 Å². The normalized spacial score (nSPS) is 10.3. The largest absolute Gasteiger partial charge is 0.490 e. The van der Waals surface area contributed by atoms with E-state index in [1.54, 1.807) is 30.3 Å². The first kappa shape index (κ1) is 22.7. The number of nitrogens with one attached hydrogen (secondary N) is 1. The van der Waals surface area contributed by atoms with E-state index in [1.807, 2.05) is 25.1 Å². The molecule has 0 saturated carbocycles. The van der Waals surface area contributed by atoms with E-state index in [4.69, 9.17) is 9.47 Å². The summed E-state index contributed by atoms with van der Waals surface area (Å²) < 4.78 is 38.6. The molecule has 154 valence electrons. The molecule has 3 nitrogen and oxygen atoms in total. The lowest BCUT2D eigenvalue weighted by Gasteiger charge is -2.17. The van der Waals surface area contributed by atoms with E-state index in [-0.39, 0.29) is 30.6 Å². The molecule has 0 aromatic heterocycles. The standard InChI is InChI=1S/C23H23F2NO2.ClH/c1-2-27-22-9-5-7-18(15-26-14-17-10-12-20(24)13-11-17)23(22)28-16-19-6-3-4-8-21(19)25;/h3-13,26H,2,14-16H2,1H3;1H. The summed E-state index contributed by atoms with van der Waals surface area (Å²) in [6, 6.07) is 18.6. The molecule has 0 aliphatic carbocycles. The minimum absolute atomic E-state index is 0. The average molecular weight is 420 g/mol. The summed E-state index contributed by atoms with van der Waals surface area (Å²) in [5, 5.41) is 3.32. The van der Waals surface area contributed by atoms with E-state index in [1.165, 1.54) is 18.2 Å². The van der Waals surface area contributed by atoms with Gasteiger partial charge in [-0.3, -0.25) is 0 Å². The summed E-state index contributed by atoms with van der Waals surface area (Å²) in [5.74, 6) is 0.670. The summed E-state index contributed by atoms with van der Waals surface area (Å²) in [7, 11) is 0. The fraction of sp³-hybridized carbons (Fsp3) is 0.217. The van der Waals surface area contributed by atoms with Crippen molar-refractivity contribution in [3.8, 4) is 11.5 Å². The molecule has 0 amide bonds. The van der Waals surface area contributed by atoms with Gasteiger partial charge in [0.25, 0.3) is 0 Å². The average Bonchev–Trinajstić information content (AvgIpc) is 2.70. The van der Waals surface area contributed by atoms with E-state index in [9.17, 15) is 8.78 Å². The van der Waals surface area contributed by atoms with Gasteiger partial charge in [0.15, 0.2) is 11.5 Å². The van der Waals surface area contributed by atoms with Crippen molar-refractivity contribution in [2.75, 3.05) is 6.61 Å². The zero-order valence-electron chi connectivity index (χ0n) is 16.2. The quantitative estimate of drug-likeness (QED) is 0.486. The monoisotopic (exact) mass is 419 g/mol. The fourth-order valence-corrected chi connectivity index (χ4v) is 2.84. The summed E-state index contributed by atoms with van der Waals surface area (Å²) in [6.45, 7) is 3.64. The molecule has 0 aliphatic heterocycles. The smallest absolute Gasteiger partial charge is 0.166 e. The molecule has 3 aromatic carbocycles. The van der Waals surface area contributed by atoms with Gasteiger partial charge in [-0.15, -0.1) is 12.4 Å². The maximum atomic E-state index is 13.9. The van der Waals surface area contributed by atoms with E-state index < -0.39 is 0 Å². The SMILES string of the molecule is CCOc1cccc(CNCc2ccc(F)cc2)c1OCc1ccccc1F.Cl. The minimum Gasteiger partial charge on any atom is -0.490 e. The summed E-state index contributed by atoms with van der Waals surface area (Å²) in [6.07, 6.45) is 0. The van der Waals surface area contributed by atoms with Crippen molar-refractivity contribution < 1.29 is 18.3 Å². The van der Waals surface area contributed by atoms with Crippen molar-refractivity contribution in [2.24, 2.45) is 0 Å². The number of rotatable bonds is 9. The minimum atomic E-state index is -0.299. The van der Waals surface area contributed by atoms with Crippen molar-refractivity contribution in [3.63, 3.8) is 0 Å². The number of hydrogen-bond acceptors (Lipinski definition) is 3. The Hall–Kier alpha value is -2.63. The van der Waals surface area contributed by atoms with Gasteiger partial charge < -0.3 is 14.8 Å². The van der Waals surface area contributed by atoms with Gasteiger partial charge in [-0.2, -0.15) is 0 Å². The summed E-state index contributed by atoms with van der Waals surface area (Å²) >= 11 is 0. The molecule has 3 aromatic rings. The molecular weight excluding hydrogens is 396 g/mol. The number of para-hydroxylation sites is 1. The van der Waals surface area contributed by atoms with Crippen LogP contribution >= 0.6 is 12.4 Å². The topological polar surface area (TPSA) is 30.5 Å². The van der Waals surface area contributed by atoms with Crippen molar-refractivity contribution in [1.82, 2.24) is 5.32 Å². The Labute approximate surface area is 176 Å². The van der Waals surface area contributed by atoms with Crippen molar-refractivity contribution in [1.29, 1.82) is 0 Å². The van der Waals surface area contributed by atoms with Crippen LogP contribution in [0.15, 0.2) is 66.7 Å². The number of benzene rings is 3. The Bertz CT molecular complexity index is 904. The van der Waals surface area contributed by atoms with Crippen LogP contribution in [0.1, 0.15) is 23.6 Å². The van der Waals surface area contributed by atoms with Crippen molar-refractivity contribution in [3.05, 3.63) is 95.1 Å². The van der Waals surface area contributed by atoms with Crippen LogP contribution in [0.2, 0.25) is 0 Å². The maximum absolute atomic E-state index is 13.9. The molecule has 0 bridgehead atoms. The number of hydrogen-bond donors (Lipinski definition) is 1. The van der Waals surface area contributed by atoms with E-state index >= 15 is 0 Å². The number of halogens is 3. The van der Waals surface area contributed by atoms with E-state index in [2.05, 4.69) is 5.32 Å². The molecule has 0 radical (unpaired) electrons. The van der Waals surface area contributed by atoms with Gasteiger partial charge in [0, 0.05) is 24.2 Å². The first-order chi connectivity index (χ1) is 13.7. The molecule has 0 fully saturated rings. The van der Waals surface area contributed by atoms with E-state index in [0.29, 0.717) is 36.8 Å². The molecule has 3 rings (SSSR count). The molecule has 0 aliphatic rings. The van der Waals surface area contributed by atoms with Crippen LogP contribution in [-0.4, -0.2) is 6.61 Å². The van der Waals surface area contributed by atoms with Crippen LogP contribution < -0.4 is 14.8 Å². The Kier molecular flexibility index (Phi) is 8.90. The Morgan fingerprint density at radius 2 is 1.52 bits per heavy atom. The molecule has 0 unspecified atom stereocenters. The molecule has 0 spiro atoms. The molecule has 6 heteroatoms. The molecule has 29 heavy (non-hydrogen) atoms. The van der Waals surface area contributed by atoms with Gasteiger partial charge in [0.2, 0.25) is 0 Å². The van der Waals surface area contributed by atoms with Gasteiger partial charge in [-0.1, -0.05) is 42.5 Å². The first-order valence-electron chi connectivity index (χ1n) is 9.23. The second-order valence-corrected chi connectivity index (χ2v) is 6.29. The van der Waals surface area contributed by atoms with E-state index in [0.717, 1.165) is 11.1 Å². The maximum Gasteiger partial charge on any atom is 0.166 e. The van der Waals surface area contributed by atoms with Crippen molar-refractivity contribution in [2.45, 2.75) is 26.6 Å². The zero-order chi connectivity index (χ0) is 19.8. The third-order valence-corrected chi connectivity index (χ3v) is 4.25. The van der Waals surface area contributed by atoms with Crippen LogP contribution in [-0.2, 0) is 19.7 Å². The van der Waals surface area contributed by atoms with Gasteiger partial charge in [-0.25, -0.2) is 8.78 Å². The first-order valence-corrected chi connectivity index (χ1v) is 9.23. The van der Waals surface area contributed by atoms with Crippen LogP contribution in [0.5, 0.6) is 11.5 Å². The third-order valence-electron chi connectivity index (χ3n) is 4.25. The van der Waals surface area contributed by atoms with Crippen LogP contribution in [0.3, 0.4) is 0 Å². The Morgan fingerprint density at radius 3 is 2.24 bits per heavy atom. The van der Waals surface area contributed by atoms with Gasteiger partial charge in [0.05, 0.1) is 6.61 Å². The summed E-state index contributed by atoms with van der Waals surface area (Å²) in [4.78, 5) is 0. The lowest BCUT2D eigenvalue weighted by Crippen LogP contribution is -2.14. The lowest BCUT2D eigenvalue weighted by molar-refractivity contribution is 0.262. The highest BCUT2D eigenvalue weighted by Crippen LogP contribution is 2.32. The van der Waals surface area contributed by atoms with Crippen molar-refractivity contribution >= 4 is 12.4 Å². The second kappa shape index (κ2) is 11.4. The molecule has 1 N–H and O–H groups in total. The molecule has 0 saturated heterocycles. The third kappa shape index (κ3) is 6.44. The fourth-order valence-electron chi connectivity index (χ4n) is 2.84. The molecular formula is C23H24ClF2NO2.